The predicted molar refractivity (Wildman–Crippen MR) is 77.9 cm³/mol. The molecule has 19 heavy (non-hydrogen) atoms. The summed E-state index contributed by atoms with van der Waals surface area (Å²) in [4.78, 5) is 0. The summed E-state index contributed by atoms with van der Waals surface area (Å²) in [5.41, 5.74) is 0.588. The Labute approximate surface area is 117 Å². The summed E-state index contributed by atoms with van der Waals surface area (Å²) in [6, 6.07) is 11.4. The van der Waals surface area contributed by atoms with E-state index in [4.69, 9.17) is 4.52 Å². The third-order valence-electron chi connectivity index (χ3n) is 2.87. The Morgan fingerprint density at radius 1 is 1.37 bits per heavy atom. The number of rotatable bonds is 5. The molecular formula is C15H17NO2S. The number of aliphatic hydroxyl groups is 1. The molecule has 0 fully saturated rings. The van der Waals surface area contributed by atoms with Gasteiger partial charge in [0.2, 0.25) is 0 Å². The van der Waals surface area contributed by atoms with E-state index < -0.39 is 5.60 Å². The summed E-state index contributed by atoms with van der Waals surface area (Å²) in [6.07, 6.45) is 4.13. The third-order valence-corrected chi connectivity index (χ3v) is 3.28. The van der Waals surface area contributed by atoms with Gasteiger partial charge in [-0.3, -0.25) is 0 Å². The summed E-state index contributed by atoms with van der Waals surface area (Å²) >= 11 is 1.55. The average Bonchev–Trinajstić information content (AvgIpc) is 2.83. The molecule has 1 atom stereocenters. The normalized spacial score (nSPS) is 14.7. The molecule has 1 aromatic carbocycles. The number of hydrogen-bond donors (Lipinski definition) is 1. The minimum Gasteiger partial charge on any atom is -0.381 e. The smallest absolute Gasteiger partial charge is 0.140 e. The van der Waals surface area contributed by atoms with Gasteiger partial charge < -0.3 is 9.63 Å². The molecule has 100 valence electrons. The Balaban J connectivity index is 2.32. The summed E-state index contributed by atoms with van der Waals surface area (Å²) in [5, 5.41) is 16.6. The van der Waals surface area contributed by atoms with Gasteiger partial charge in [-0.15, -0.1) is 11.8 Å². The van der Waals surface area contributed by atoms with Crippen molar-refractivity contribution in [2.24, 2.45) is 0 Å². The van der Waals surface area contributed by atoms with Crippen LogP contribution in [0.1, 0.15) is 17.0 Å². The lowest BCUT2D eigenvalue weighted by molar-refractivity contribution is 0.0819. The SMILES string of the molecule is CS/C=C/C(O)(Cc1cc(C)no1)c1ccccc1. The zero-order valence-corrected chi connectivity index (χ0v) is 11.9. The Hall–Kier alpha value is -1.52. The number of aryl methyl sites for hydroxylation is 1. The lowest BCUT2D eigenvalue weighted by Crippen LogP contribution is -2.25. The Morgan fingerprint density at radius 2 is 2.11 bits per heavy atom. The molecule has 4 heteroatoms. The molecule has 2 rings (SSSR count). The van der Waals surface area contributed by atoms with Gasteiger partial charge in [-0.2, -0.15) is 0 Å². The lowest BCUT2D eigenvalue weighted by Gasteiger charge is -2.23. The van der Waals surface area contributed by atoms with Crippen LogP contribution >= 0.6 is 11.8 Å². The van der Waals surface area contributed by atoms with E-state index in [1.165, 1.54) is 0 Å². The van der Waals surface area contributed by atoms with Gasteiger partial charge in [0, 0.05) is 12.5 Å². The Kier molecular flexibility index (Phi) is 4.45. The third kappa shape index (κ3) is 3.49. The molecule has 0 saturated heterocycles. The van der Waals surface area contributed by atoms with Crippen molar-refractivity contribution in [2.75, 3.05) is 6.26 Å². The van der Waals surface area contributed by atoms with Crippen LogP contribution < -0.4 is 0 Å². The van der Waals surface area contributed by atoms with Crippen LogP contribution in [-0.2, 0) is 12.0 Å². The molecular weight excluding hydrogens is 258 g/mol. The van der Waals surface area contributed by atoms with E-state index in [1.54, 1.807) is 17.8 Å². The van der Waals surface area contributed by atoms with Crippen molar-refractivity contribution in [3.63, 3.8) is 0 Å². The van der Waals surface area contributed by atoms with Crippen LogP contribution in [0.2, 0.25) is 0 Å². The van der Waals surface area contributed by atoms with Crippen LogP contribution in [0, 0.1) is 6.92 Å². The van der Waals surface area contributed by atoms with Crippen molar-refractivity contribution in [1.29, 1.82) is 0 Å². The molecule has 0 bridgehead atoms. The fraction of sp³-hybridized carbons (Fsp3) is 0.267. The van der Waals surface area contributed by atoms with Gasteiger partial charge in [0.1, 0.15) is 11.4 Å². The lowest BCUT2D eigenvalue weighted by atomic mass is 9.89. The maximum atomic E-state index is 10.9. The van der Waals surface area contributed by atoms with Gasteiger partial charge in [0.25, 0.3) is 0 Å². The Bertz CT molecular complexity index is 550. The zero-order chi connectivity index (χ0) is 13.7. The first kappa shape index (κ1) is 13.9. The van der Waals surface area contributed by atoms with Crippen LogP contribution in [0.15, 0.2) is 52.4 Å². The molecule has 0 saturated carbocycles. The molecule has 1 aromatic heterocycles. The van der Waals surface area contributed by atoms with E-state index in [0.29, 0.717) is 12.2 Å². The Morgan fingerprint density at radius 3 is 2.68 bits per heavy atom. The van der Waals surface area contributed by atoms with Gasteiger partial charge in [-0.1, -0.05) is 35.5 Å². The van der Waals surface area contributed by atoms with Crippen molar-refractivity contribution in [3.8, 4) is 0 Å². The molecule has 0 radical (unpaired) electrons. The summed E-state index contributed by atoms with van der Waals surface area (Å²) in [6.45, 7) is 1.87. The van der Waals surface area contributed by atoms with E-state index in [-0.39, 0.29) is 0 Å². The number of aromatic nitrogens is 1. The van der Waals surface area contributed by atoms with Crippen molar-refractivity contribution in [3.05, 3.63) is 64.9 Å². The fourth-order valence-electron chi connectivity index (χ4n) is 1.93. The highest BCUT2D eigenvalue weighted by Gasteiger charge is 2.28. The first-order valence-corrected chi connectivity index (χ1v) is 7.33. The molecule has 1 N–H and O–H groups in total. The van der Waals surface area contributed by atoms with E-state index in [2.05, 4.69) is 5.16 Å². The minimum atomic E-state index is -1.07. The molecule has 2 aromatic rings. The quantitative estimate of drug-likeness (QED) is 0.909. The van der Waals surface area contributed by atoms with Gasteiger partial charge in [0.05, 0.1) is 5.69 Å². The van der Waals surface area contributed by atoms with Gasteiger partial charge in [0.15, 0.2) is 0 Å². The summed E-state index contributed by atoms with van der Waals surface area (Å²) < 4.78 is 5.21. The van der Waals surface area contributed by atoms with Crippen molar-refractivity contribution < 1.29 is 9.63 Å². The summed E-state index contributed by atoms with van der Waals surface area (Å²) in [7, 11) is 0. The van der Waals surface area contributed by atoms with E-state index in [9.17, 15) is 5.11 Å². The predicted octanol–water partition coefficient (Wildman–Crippen LogP) is 3.29. The minimum absolute atomic E-state index is 0.370. The number of nitrogens with zero attached hydrogens (tertiary/aromatic N) is 1. The van der Waals surface area contributed by atoms with Crippen molar-refractivity contribution >= 4 is 11.8 Å². The number of benzene rings is 1. The standard InChI is InChI=1S/C15H17NO2S/c1-12-10-14(18-16-12)11-15(17,8-9-19-2)13-6-4-3-5-7-13/h3-10,17H,11H2,1-2H3/b9-8+. The first-order valence-electron chi connectivity index (χ1n) is 6.05. The van der Waals surface area contributed by atoms with Crippen LogP contribution in [-0.4, -0.2) is 16.5 Å². The highest BCUT2D eigenvalue weighted by molar-refractivity contribution is 8.01. The largest absolute Gasteiger partial charge is 0.381 e. The average molecular weight is 275 g/mol. The maximum absolute atomic E-state index is 10.9. The topological polar surface area (TPSA) is 46.3 Å². The molecule has 3 nitrogen and oxygen atoms in total. The van der Waals surface area contributed by atoms with Crippen LogP contribution in [0.25, 0.3) is 0 Å². The van der Waals surface area contributed by atoms with Gasteiger partial charge in [-0.05, 0) is 30.2 Å². The molecule has 1 heterocycles. The van der Waals surface area contributed by atoms with E-state index >= 15 is 0 Å². The van der Waals surface area contributed by atoms with E-state index in [1.807, 2.05) is 55.0 Å². The summed E-state index contributed by atoms with van der Waals surface area (Å²) in [5.74, 6) is 0.676. The second-order valence-electron chi connectivity index (χ2n) is 4.44. The highest BCUT2D eigenvalue weighted by atomic mass is 32.2. The second-order valence-corrected chi connectivity index (χ2v) is 5.18. The maximum Gasteiger partial charge on any atom is 0.140 e. The van der Waals surface area contributed by atoms with Crippen LogP contribution in [0.3, 0.4) is 0 Å². The van der Waals surface area contributed by atoms with Crippen molar-refractivity contribution in [2.45, 2.75) is 18.9 Å². The van der Waals surface area contributed by atoms with Gasteiger partial charge in [-0.25, -0.2) is 0 Å². The first-order chi connectivity index (χ1) is 9.14. The molecule has 0 spiro atoms. The number of thioether (sulfide) groups is 1. The van der Waals surface area contributed by atoms with Crippen LogP contribution in [0.4, 0.5) is 0 Å². The fourth-order valence-corrected chi connectivity index (χ4v) is 2.29. The van der Waals surface area contributed by atoms with Crippen LogP contribution in [0.5, 0.6) is 0 Å². The molecule has 0 aliphatic rings. The van der Waals surface area contributed by atoms with Gasteiger partial charge >= 0.3 is 0 Å². The monoisotopic (exact) mass is 275 g/mol. The molecule has 0 aliphatic heterocycles. The molecule has 1 unspecified atom stereocenters. The van der Waals surface area contributed by atoms with E-state index in [0.717, 1.165) is 11.3 Å². The van der Waals surface area contributed by atoms with Crippen molar-refractivity contribution in [1.82, 2.24) is 5.16 Å². The molecule has 0 aliphatic carbocycles. The second kappa shape index (κ2) is 6.08. The zero-order valence-electron chi connectivity index (χ0n) is 11.0. The molecule has 0 amide bonds. The number of hydrogen-bond acceptors (Lipinski definition) is 4. The highest BCUT2D eigenvalue weighted by Crippen LogP contribution is 2.28.